The summed E-state index contributed by atoms with van der Waals surface area (Å²) >= 11 is 6.54. The van der Waals surface area contributed by atoms with E-state index in [1.54, 1.807) is 27.8 Å². The molecule has 0 unspecified atom stereocenters. The van der Waals surface area contributed by atoms with E-state index in [0.29, 0.717) is 16.3 Å². The molecule has 0 saturated heterocycles. The highest BCUT2D eigenvalue weighted by Crippen LogP contribution is 2.30. The minimum absolute atomic E-state index is 0.215. The van der Waals surface area contributed by atoms with Crippen LogP contribution in [0.4, 0.5) is 10.5 Å². The maximum absolute atomic E-state index is 13.6. The Balaban J connectivity index is 1.64. The molecule has 0 bridgehead atoms. The average Bonchev–Trinajstić information content (AvgIpc) is 3.18. The average molecular weight is 482 g/mol. The lowest BCUT2D eigenvalue weighted by atomic mass is 10.1. The minimum Gasteiger partial charge on any atom is -0.480 e. The number of aliphatic carboxylic acids is 1. The molecule has 3 amide bonds. The van der Waals surface area contributed by atoms with Crippen LogP contribution in [0.5, 0.6) is 0 Å². The van der Waals surface area contributed by atoms with E-state index in [-0.39, 0.29) is 25.0 Å². The first kappa shape index (κ1) is 23.3. The number of nitrogens with one attached hydrogen (secondary N) is 1. The third-order valence-corrected chi connectivity index (χ3v) is 5.98. The number of carbonyl (C=O) groups excluding carboxylic acids is 2. The van der Waals surface area contributed by atoms with Gasteiger partial charge in [-0.1, -0.05) is 29.8 Å². The summed E-state index contributed by atoms with van der Waals surface area (Å²) in [6.07, 6.45) is 1.82. The number of para-hydroxylation sites is 1. The second-order valence-corrected chi connectivity index (χ2v) is 8.55. The molecule has 3 aromatic rings. The minimum atomic E-state index is -1.13. The third-order valence-electron chi connectivity index (χ3n) is 5.67. The second kappa shape index (κ2) is 9.56. The van der Waals surface area contributed by atoms with E-state index in [1.807, 2.05) is 50.4 Å². The Morgan fingerprint density at radius 1 is 1.18 bits per heavy atom. The van der Waals surface area contributed by atoms with E-state index in [4.69, 9.17) is 16.7 Å². The third kappa shape index (κ3) is 4.74. The molecule has 2 N–H and O–H groups in total. The molecule has 0 fully saturated rings. The van der Waals surface area contributed by atoms with Gasteiger partial charge in [0.1, 0.15) is 6.54 Å². The van der Waals surface area contributed by atoms with Crippen molar-refractivity contribution in [2.75, 3.05) is 18.0 Å². The van der Waals surface area contributed by atoms with Crippen molar-refractivity contribution < 1.29 is 19.5 Å². The highest BCUT2D eigenvalue weighted by molar-refractivity contribution is 6.34. The Bertz CT molecular complexity index is 1260. The summed E-state index contributed by atoms with van der Waals surface area (Å²) in [5.41, 5.74) is 3.38. The van der Waals surface area contributed by atoms with E-state index in [0.717, 1.165) is 16.9 Å². The second-order valence-electron chi connectivity index (χ2n) is 8.14. The summed E-state index contributed by atoms with van der Waals surface area (Å²) in [5, 5.41) is 16.0. The van der Waals surface area contributed by atoms with Crippen LogP contribution in [0.25, 0.3) is 5.69 Å². The number of rotatable bonds is 4. The number of aromatic nitrogens is 2. The van der Waals surface area contributed by atoms with Crippen molar-refractivity contribution in [3.63, 3.8) is 0 Å². The molecule has 0 saturated carbocycles. The van der Waals surface area contributed by atoms with E-state index >= 15 is 0 Å². The maximum Gasteiger partial charge on any atom is 0.323 e. The number of hydrogen-bond acceptors (Lipinski definition) is 4. The van der Waals surface area contributed by atoms with Gasteiger partial charge in [0.2, 0.25) is 0 Å². The molecule has 0 aliphatic carbocycles. The molecule has 0 radical (unpaired) electrons. The van der Waals surface area contributed by atoms with Crippen molar-refractivity contribution in [3.8, 4) is 5.69 Å². The van der Waals surface area contributed by atoms with Gasteiger partial charge in [0.25, 0.3) is 5.91 Å². The predicted octanol–water partition coefficient (Wildman–Crippen LogP) is 3.48. The summed E-state index contributed by atoms with van der Waals surface area (Å²) in [7, 11) is 0. The lowest BCUT2D eigenvalue weighted by molar-refractivity contribution is -0.135. The highest BCUT2D eigenvalue weighted by atomic mass is 35.5. The predicted molar refractivity (Wildman–Crippen MR) is 127 cm³/mol. The zero-order chi connectivity index (χ0) is 24.4. The van der Waals surface area contributed by atoms with Crippen molar-refractivity contribution in [2.24, 2.45) is 0 Å². The van der Waals surface area contributed by atoms with Gasteiger partial charge in [-0.3, -0.25) is 9.59 Å². The Labute approximate surface area is 201 Å². The van der Waals surface area contributed by atoms with Gasteiger partial charge >= 0.3 is 12.0 Å². The van der Waals surface area contributed by atoms with Gasteiger partial charge in [-0.15, -0.1) is 0 Å². The highest BCUT2D eigenvalue weighted by Gasteiger charge is 2.32. The number of halogens is 1. The number of anilines is 1. The number of carboxylic acids is 1. The van der Waals surface area contributed by atoms with E-state index in [2.05, 4.69) is 10.4 Å². The molecule has 34 heavy (non-hydrogen) atoms. The topological polar surface area (TPSA) is 108 Å². The molecule has 4 rings (SSSR count). The normalized spacial score (nSPS) is 15.4. The van der Waals surface area contributed by atoms with E-state index in [1.165, 1.54) is 4.90 Å². The monoisotopic (exact) mass is 481 g/mol. The fraction of sp³-hybridized carbons (Fsp3) is 0.250. The maximum atomic E-state index is 13.6. The summed E-state index contributed by atoms with van der Waals surface area (Å²) in [5.74, 6) is -1.42. The molecule has 1 atom stereocenters. The van der Waals surface area contributed by atoms with Crippen LogP contribution in [-0.2, 0) is 11.3 Å². The first-order chi connectivity index (χ1) is 16.2. The first-order valence-corrected chi connectivity index (χ1v) is 11.1. The molecule has 0 spiro atoms. The Morgan fingerprint density at radius 2 is 1.94 bits per heavy atom. The van der Waals surface area contributed by atoms with Crippen molar-refractivity contribution in [3.05, 3.63) is 76.6 Å². The van der Waals surface area contributed by atoms with Gasteiger partial charge in [-0.25, -0.2) is 9.48 Å². The van der Waals surface area contributed by atoms with Crippen molar-refractivity contribution >= 4 is 35.2 Å². The number of fused-ring (bicyclic) bond motifs is 1. The standard InChI is InChI=1S/C24H24ClN5O4/c1-15-9-10-30(27-15)18-7-8-19(20(25)11-18)23(33)29-13-16(2)28(24(34)26-12-22(31)32)14-17-5-3-4-6-21(17)29/h3-11,16H,12-14H2,1-2H3,(H,26,34)(H,31,32)/t16-/m1/s1. The quantitative estimate of drug-likeness (QED) is 0.593. The Morgan fingerprint density at radius 3 is 2.62 bits per heavy atom. The van der Waals surface area contributed by atoms with Crippen LogP contribution in [0.2, 0.25) is 5.02 Å². The van der Waals surface area contributed by atoms with Crippen LogP contribution >= 0.6 is 11.6 Å². The SMILES string of the molecule is Cc1ccn(-c2ccc(C(=O)N3C[C@@H](C)N(C(=O)NCC(=O)O)Cc4ccccc43)c(Cl)c2)n1. The number of carbonyl (C=O) groups is 3. The molecule has 1 aliphatic rings. The summed E-state index contributed by atoms with van der Waals surface area (Å²) in [6.45, 7) is 3.67. The molecule has 2 heterocycles. The molecule has 1 aliphatic heterocycles. The van der Waals surface area contributed by atoms with E-state index < -0.39 is 18.5 Å². The number of carboxylic acid groups (broad SMARTS) is 1. The van der Waals surface area contributed by atoms with Crippen LogP contribution < -0.4 is 10.2 Å². The molecular formula is C24H24ClN5O4. The van der Waals surface area contributed by atoms with Gasteiger partial charge in [-0.2, -0.15) is 5.10 Å². The van der Waals surface area contributed by atoms with E-state index in [9.17, 15) is 14.4 Å². The number of nitrogens with zero attached hydrogens (tertiary/aromatic N) is 4. The number of hydrogen-bond donors (Lipinski definition) is 2. The molecule has 9 nitrogen and oxygen atoms in total. The summed E-state index contributed by atoms with van der Waals surface area (Å²) in [4.78, 5) is 40.3. The summed E-state index contributed by atoms with van der Waals surface area (Å²) in [6, 6.07) is 13.5. The number of benzene rings is 2. The molecule has 2 aromatic carbocycles. The van der Waals surface area contributed by atoms with Crippen LogP contribution in [0.15, 0.2) is 54.7 Å². The van der Waals surface area contributed by atoms with Gasteiger partial charge in [0, 0.05) is 31.0 Å². The van der Waals surface area contributed by atoms with Gasteiger partial charge < -0.3 is 20.2 Å². The first-order valence-electron chi connectivity index (χ1n) is 10.7. The van der Waals surface area contributed by atoms with Crippen LogP contribution in [-0.4, -0.2) is 56.8 Å². The van der Waals surface area contributed by atoms with Gasteiger partial charge in [-0.05, 0) is 49.7 Å². The van der Waals surface area contributed by atoms with Gasteiger partial charge in [0.05, 0.1) is 22.0 Å². The smallest absolute Gasteiger partial charge is 0.323 e. The van der Waals surface area contributed by atoms with Gasteiger partial charge in [0.15, 0.2) is 0 Å². The lowest BCUT2D eigenvalue weighted by Gasteiger charge is -2.29. The number of aryl methyl sites for hydroxylation is 1. The lowest BCUT2D eigenvalue weighted by Crippen LogP contribution is -2.49. The Hall–Kier alpha value is -3.85. The molecule has 176 valence electrons. The van der Waals surface area contributed by atoms with Crippen LogP contribution in [0.3, 0.4) is 0 Å². The zero-order valence-electron chi connectivity index (χ0n) is 18.7. The molecule has 10 heteroatoms. The van der Waals surface area contributed by atoms with Crippen molar-refractivity contribution in [2.45, 2.75) is 26.4 Å². The van der Waals surface area contributed by atoms with Crippen LogP contribution in [0.1, 0.15) is 28.5 Å². The zero-order valence-corrected chi connectivity index (χ0v) is 19.5. The van der Waals surface area contributed by atoms with Crippen molar-refractivity contribution in [1.29, 1.82) is 0 Å². The van der Waals surface area contributed by atoms with Crippen LogP contribution in [0, 0.1) is 6.92 Å². The van der Waals surface area contributed by atoms with Crippen molar-refractivity contribution in [1.82, 2.24) is 20.0 Å². The number of amides is 3. The molecule has 1 aromatic heterocycles. The Kier molecular flexibility index (Phi) is 6.56. The number of urea groups is 1. The summed E-state index contributed by atoms with van der Waals surface area (Å²) < 4.78 is 1.69. The molecular weight excluding hydrogens is 458 g/mol. The fourth-order valence-corrected chi connectivity index (χ4v) is 4.21. The largest absolute Gasteiger partial charge is 0.480 e. The fourth-order valence-electron chi connectivity index (χ4n) is 3.95.